The van der Waals surface area contributed by atoms with Crippen molar-refractivity contribution in [1.82, 2.24) is 0 Å². The summed E-state index contributed by atoms with van der Waals surface area (Å²) in [6.07, 6.45) is 0. The van der Waals surface area contributed by atoms with Crippen LogP contribution in [0.25, 0.3) is 0 Å². The van der Waals surface area contributed by atoms with Crippen LogP contribution in [0.1, 0.15) is 13.8 Å². The third-order valence-corrected chi connectivity index (χ3v) is 2.50. The lowest BCUT2D eigenvalue weighted by Gasteiger charge is -1.95. The van der Waals surface area contributed by atoms with E-state index in [0.29, 0.717) is 14.3 Å². The Morgan fingerprint density at radius 1 is 0.905 bits per heavy atom. The Morgan fingerprint density at radius 3 is 1.90 bits per heavy atom. The van der Waals surface area contributed by atoms with Crippen LogP contribution in [-0.4, -0.2) is 19.3 Å². The molecule has 0 heterocycles. The number of rotatable bonds is 3. The highest BCUT2D eigenvalue weighted by molar-refractivity contribution is 7.21. The quantitative estimate of drug-likeness (QED) is 0.796. The largest absolute Gasteiger partial charge is 0.508 e. The maximum atomic E-state index is 8.90. The molecule has 0 saturated carbocycles. The van der Waals surface area contributed by atoms with Crippen LogP contribution in [0.4, 0.5) is 0 Å². The number of methoxy groups -OCH3 is 1. The average molecular weight is 307 g/mol. The Morgan fingerprint density at radius 2 is 1.48 bits per heavy atom. The van der Waals surface area contributed by atoms with Gasteiger partial charge in [0.25, 0.3) is 0 Å². The number of benzene rings is 2. The summed E-state index contributed by atoms with van der Waals surface area (Å²) in [5.41, 5.74) is 0. The minimum atomic E-state index is 0.238. The number of ether oxygens (including phenoxy) is 1. The summed E-state index contributed by atoms with van der Waals surface area (Å²) in [4.78, 5) is 0. The first-order chi connectivity index (χ1) is 10.3. The van der Waals surface area contributed by atoms with E-state index in [1.807, 2.05) is 44.2 Å². The predicted molar refractivity (Wildman–Crippen MR) is 88.3 cm³/mol. The monoisotopic (exact) mass is 307 g/mol. The summed E-state index contributed by atoms with van der Waals surface area (Å²) < 4.78 is 13.8. The van der Waals surface area contributed by atoms with Gasteiger partial charge in [-0.2, -0.15) is 0 Å². The first kappa shape index (κ1) is 18.9. The fourth-order valence-corrected chi connectivity index (χ4v) is 1.45. The lowest BCUT2D eigenvalue weighted by atomic mass is 10.3. The number of hydrogen-bond donors (Lipinski definition) is 1. The van der Waals surface area contributed by atoms with Gasteiger partial charge in [-0.05, 0) is 36.4 Å². The molecule has 2 rings (SSSR count). The SMILES string of the molecule is CC.CN=POc1ccc(O)cc1.COc1ccccc1. The summed E-state index contributed by atoms with van der Waals surface area (Å²) in [6, 6.07) is 16.2. The van der Waals surface area contributed by atoms with E-state index in [2.05, 4.69) is 4.74 Å². The first-order valence-corrected chi connectivity index (χ1v) is 7.37. The van der Waals surface area contributed by atoms with E-state index in [1.165, 1.54) is 0 Å². The fourth-order valence-electron chi connectivity index (χ4n) is 1.15. The third-order valence-electron chi connectivity index (χ3n) is 2.04. The number of nitrogens with zero attached hydrogens (tertiary/aromatic N) is 1. The molecule has 0 aliphatic carbocycles. The molecule has 0 unspecified atom stereocenters. The van der Waals surface area contributed by atoms with Crippen LogP contribution in [0.5, 0.6) is 17.2 Å². The van der Waals surface area contributed by atoms with Crippen molar-refractivity contribution in [1.29, 1.82) is 0 Å². The van der Waals surface area contributed by atoms with E-state index < -0.39 is 0 Å². The van der Waals surface area contributed by atoms with Gasteiger partial charge in [0.05, 0.1) is 7.11 Å². The highest BCUT2D eigenvalue weighted by atomic mass is 31.1. The van der Waals surface area contributed by atoms with Crippen LogP contribution in [0.3, 0.4) is 0 Å². The normalized spacial score (nSPS) is 8.95. The van der Waals surface area contributed by atoms with Crippen molar-refractivity contribution in [3.63, 3.8) is 0 Å². The number of hydrogen-bond acceptors (Lipinski definition) is 4. The Bertz CT molecular complexity index is 487. The van der Waals surface area contributed by atoms with Gasteiger partial charge < -0.3 is 14.4 Å². The van der Waals surface area contributed by atoms with Crippen molar-refractivity contribution in [2.24, 2.45) is 4.74 Å². The van der Waals surface area contributed by atoms with Gasteiger partial charge in [-0.15, -0.1) is 0 Å². The number of para-hydroxylation sites is 1. The molecule has 0 atom stereocenters. The van der Waals surface area contributed by atoms with Gasteiger partial charge in [0.15, 0.2) is 0 Å². The van der Waals surface area contributed by atoms with Crippen molar-refractivity contribution < 1.29 is 14.4 Å². The van der Waals surface area contributed by atoms with Crippen molar-refractivity contribution in [3.05, 3.63) is 54.6 Å². The zero-order valence-corrected chi connectivity index (χ0v) is 13.7. The number of phenols is 1. The van der Waals surface area contributed by atoms with Crippen LogP contribution in [0.15, 0.2) is 59.3 Å². The molecule has 0 amide bonds. The summed E-state index contributed by atoms with van der Waals surface area (Å²) in [5, 5.41) is 8.90. The molecule has 0 saturated heterocycles. The smallest absolute Gasteiger partial charge is 0.241 e. The van der Waals surface area contributed by atoms with Crippen molar-refractivity contribution in [2.45, 2.75) is 13.8 Å². The molecule has 0 aliphatic heterocycles. The second kappa shape index (κ2) is 12.9. The summed E-state index contributed by atoms with van der Waals surface area (Å²) in [7, 11) is 3.90. The molecule has 21 heavy (non-hydrogen) atoms. The van der Waals surface area contributed by atoms with Gasteiger partial charge in [-0.25, -0.2) is 4.74 Å². The standard InChI is InChI=1S/C7H8NO2P.C7H8O.C2H6/c1-8-11-10-7-4-2-6(9)3-5-7;1-8-7-5-3-2-4-6-7;1-2/h2-5,9H,1H3;2-6H,1H3;1-2H3. The van der Waals surface area contributed by atoms with E-state index >= 15 is 0 Å². The molecule has 1 N–H and O–H groups in total. The molecular formula is C16H22NO3P. The van der Waals surface area contributed by atoms with Gasteiger partial charge in [0, 0.05) is 7.05 Å². The number of phenolic OH excluding ortho intramolecular Hbond substituents is 1. The van der Waals surface area contributed by atoms with Crippen LogP contribution in [0.2, 0.25) is 0 Å². The molecule has 0 spiro atoms. The molecule has 0 fully saturated rings. The first-order valence-electron chi connectivity index (χ1n) is 6.60. The Kier molecular flexibility index (Phi) is 11.7. The second-order valence-corrected chi connectivity index (χ2v) is 4.13. The van der Waals surface area contributed by atoms with E-state index in [0.717, 1.165) is 5.75 Å². The predicted octanol–water partition coefficient (Wildman–Crippen LogP) is 5.17. The van der Waals surface area contributed by atoms with Crippen molar-refractivity contribution >= 4 is 8.60 Å². The molecule has 0 radical (unpaired) electrons. The maximum absolute atomic E-state index is 8.90. The van der Waals surface area contributed by atoms with Crippen LogP contribution in [0, 0.1) is 0 Å². The number of aromatic hydroxyl groups is 1. The maximum Gasteiger partial charge on any atom is 0.241 e. The zero-order valence-electron chi connectivity index (χ0n) is 12.9. The Balaban J connectivity index is 0.000000354. The van der Waals surface area contributed by atoms with Crippen molar-refractivity contribution in [2.75, 3.05) is 14.2 Å². The topological polar surface area (TPSA) is 51.0 Å². The highest BCUT2D eigenvalue weighted by Crippen LogP contribution is 2.19. The molecule has 0 bridgehead atoms. The minimum Gasteiger partial charge on any atom is -0.508 e. The van der Waals surface area contributed by atoms with Gasteiger partial charge in [0.1, 0.15) is 17.2 Å². The summed E-state index contributed by atoms with van der Waals surface area (Å²) in [5.74, 6) is 1.85. The molecular weight excluding hydrogens is 285 g/mol. The fraction of sp³-hybridized carbons (Fsp3) is 0.250. The second-order valence-electron chi connectivity index (χ2n) is 3.38. The highest BCUT2D eigenvalue weighted by Gasteiger charge is 1.90. The molecule has 114 valence electrons. The molecule has 4 nitrogen and oxygen atoms in total. The van der Waals surface area contributed by atoms with Gasteiger partial charge in [-0.1, -0.05) is 32.0 Å². The third kappa shape index (κ3) is 9.47. The Labute approximate surface area is 128 Å². The summed E-state index contributed by atoms with van der Waals surface area (Å²) in [6.45, 7) is 4.00. The molecule has 0 aliphatic rings. The molecule has 2 aromatic rings. The zero-order chi connectivity index (χ0) is 15.9. The lowest BCUT2D eigenvalue weighted by Crippen LogP contribution is -1.78. The lowest BCUT2D eigenvalue weighted by molar-refractivity contribution is 0.415. The minimum absolute atomic E-state index is 0.238. The molecule has 5 heteroatoms. The van der Waals surface area contributed by atoms with Gasteiger partial charge in [-0.3, -0.25) is 0 Å². The van der Waals surface area contributed by atoms with Crippen molar-refractivity contribution in [3.8, 4) is 17.2 Å². The van der Waals surface area contributed by atoms with Gasteiger partial charge in [0.2, 0.25) is 8.60 Å². The van der Waals surface area contributed by atoms with Gasteiger partial charge >= 0.3 is 0 Å². The van der Waals surface area contributed by atoms with E-state index in [9.17, 15) is 0 Å². The average Bonchev–Trinajstić information content (AvgIpc) is 2.57. The molecule has 2 aromatic carbocycles. The van der Waals surface area contributed by atoms with E-state index in [-0.39, 0.29) is 5.75 Å². The summed E-state index contributed by atoms with van der Waals surface area (Å²) >= 11 is 0. The Hall–Kier alpha value is -2.06. The van der Waals surface area contributed by atoms with E-state index in [1.54, 1.807) is 38.4 Å². The van der Waals surface area contributed by atoms with Crippen LogP contribution >= 0.6 is 8.60 Å². The van der Waals surface area contributed by atoms with Crippen LogP contribution in [-0.2, 0) is 0 Å². The van der Waals surface area contributed by atoms with Crippen LogP contribution < -0.4 is 9.26 Å². The van der Waals surface area contributed by atoms with E-state index in [4.69, 9.17) is 14.4 Å². The molecule has 0 aromatic heterocycles.